The normalized spacial score (nSPS) is 25.6. The van der Waals surface area contributed by atoms with Gasteiger partial charge in [0.05, 0.1) is 37.6 Å². The summed E-state index contributed by atoms with van der Waals surface area (Å²) in [5.41, 5.74) is 7.18. The highest BCUT2D eigenvalue weighted by Crippen LogP contribution is 2.24. The lowest BCUT2D eigenvalue weighted by atomic mass is 10.0. The van der Waals surface area contributed by atoms with E-state index in [1.807, 2.05) is 18.2 Å². The zero-order valence-electron chi connectivity index (χ0n) is 12.9. The molecule has 0 bridgehead atoms. The molecule has 1 heterocycles. The molecule has 1 saturated heterocycles. The third-order valence-corrected chi connectivity index (χ3v) is 3.69. The molecule has 0 spiro atoms. The predicted molar refractivity (Wildman–Crippen MR) is 81.8 cm³/mol. The molecule has 2 unspecified atom stereocenters. The number of nitrogens with one attached hydrogen (secondary N) is 1. The van der Waals surface area contributed by atoms with Crippen LogP contribution < -0.4 is 10.5 Å². The first-order valence-electron chi connectivity index (χ1n) is 7.28. The summed E-state index contributed by atoms with van der Waals surface area (Å²) in [6.45, 7) is 4.66. The van der Waals surface area contributed by atoms with Gasteiger partial charge in [0.25, 0.3) is 0 Å². The fraction of sp³-hybridized carbons (Fsp3) is 0.562. The third kappa shape index (κ3) is 4.19. The van der Waals surface area contributed by atoms with E-state index in [1.54, 1.807) is 7.11 Å². The minimum Gasteiger partial charge on any atom is -0.496 e. The number of nitrogen functional groups attached to an aromatic ring is 1. The second kappa shape index (κ2) is 6.91. The zero-order chi connectivity index (χ0) is 15.4. The van der Waals surface area contributed by atoms with E-state index in [0.29, 0.717) is 17.9 Å². The van der Waals surface area contributed by atoms with Crippen molar-refractivity contribution in [1.82, 2.24) is 0 Å². The van der Waals surface area contributed by atoms with Crippen LogP contribution in [0.4, 0.5) is 0 Å². The van der Waals surface area contributed by atoms with Crippen molar-refractivity contribution in [3.63, 3.8) is 0 Å². The maximum Gasteiger partial charge on any atom is 0.129 e. The van der Waals surface area contributed by atoms with Gasteiger partial charge in [-0.05, 0) is 44.4 Å². The summed E-state index contributed by atoms with van der Waals surface area (Å²) < 4.78 is 16.9. The van der Waals surface area contributed by atoms with Crippen LogP contribution in [0.1, 0.15) is 37.8 Å². The van der Waals surface area contributed by atoms with Gasteiger partial charge in [0.1, 0.15) is 11.6 Å². The summed E-state index contributed by atoms with van der Waals surface area (Å²) in [6, 6.07) is 5.62. The maximum atomic E-state index is 7.60. The summed E-state index contributed by atoms with van der Waals surface area (Å²) >= 11 is 0. The van der Waals surface area contributed by atoms with E-state index in [-0.39, 0.29) is 24.1 Å². The van der Waals surface area contributed by atoms with Gasteiger partial charge in [-0.3, -0.25) is 5.41 Å². The van der Waals surface area contributed by atoms with E-state index in [0.717, 1.165) is 18.4 Å². The van der Waals surface area contributed by atoms with Crippen LogP contribution in [0.2, 0.25) is 0 Å². The third-order valence-electron chi connectivity index (χ3n) is 3.69. The Labute approximate surface area is 125 Å². The number of hydrogen-bond acceptors (Lipinski definition) is 4. The number of rotatable bonds is 5. The average Bonchev–Trinajstić information content (AvgIpc) is 2.43. The van der Waals surface area contributed by atoms with E-state index >= 15 is 0 Å². The van der Waals surface area contributed by atoms with Gasteiger partial charge in [-0.25, -0.2) is 0 Å². The van der Waals surface area contributed by atoms with Crippen molar-refractivity contribution in [2.45, 2.75) is 51.6 Å². The monoisotopic (exact) mass is 292 g/mol. The second-order valence-electron chi connectivity index (χ2n) is 5.61. The Bertz CT molecular complexity index is 494. The van der Waals surface area contributed by atoms with Crippen LogP contribution in [-0.4, -0.2) is 31.3 Å². The Hall–Kier alpha value is -1.59. The zero-order valence-corrected chi connectivity index (χ0v) is 12.9. The lowest BCUT2D eigenvalue weighted by molar-refractivity contribution is -0.106. The van der Waals surface area contributed by atoms with Gasteiger partial charge in [-0.2, -0.15) is 0 Å². The fourth-order valence-electron chi connectivity index (χ4n) is 2.75. The van der Waals surface area contributed by atoms with Gasteiger partial charge in [0.15, 0.2) is 0 Å². The summed E-state index contributed by atoms with van der Waals surface area (Å²) in [5.74, 6) is 0.613. The highest BCUT2D eigenvalue weighted by molar-refractivity contribution is 5.97. The van der Waals surface area contributed by atoms with Gasteiger partial charge in [0.2, 0.25) is 0 Å². The molecule has 0 amide bonds. The quantitative estimate of drug-likeness (QED) is 0.645. The Kier molecular flexibility index (Phi) is 5.20. The number of hydrogen-bond donors (Lipinski definition) is 2. The summed E-state index contributed by atoms with van der Waals surface area (Å²) in [5, 5.41) is 7.60. The standard InChI is InChI=1S/C16H24N2O3/c1-10-6-13(7-11(2)21-10)20-9-12-4-5-15(19-3)14(8-12)16(17)18/h4-5,8,10-11,13H,6-7,9H2,1-3H3,(H3,17,18). The first-order chi connectivity index (χ1) is 9.99. The van der Waals surface area contributed by atoms with Crippen LogP contribution in [-0.2, 0) is 16.1 Å². The molecule has 5 heteroatoms. The van der Waals surface area contributed by atoms with E-state index in [9.17, 15) is 0 Å². The molecule has 0 radical (unpaired) electrons. The summed E-state index contributed by atoms with van der Waals surface area (Å²) in [6.07, 6.45) is 2.52. The Morgan fingerprint density at radius 1 is 1.33 bits per heavy atom. The lowest BCUT2D eigenvalue weighted by Gasteiger charge is -2.32. The molecule has 0 aliphatic carbocycles. The Morgan fingerprint density at radius 3 is 2.57 bits per heavy atom. The number of methoxy groups -OCH3 is 1. The Balaban J connectivity index is 2.00. The van der Waals surface area contributed by atoms with Crippen molar-refractivity contribution in [2.75, 3.05) is 7.11 Å². The van der Waals surface area contributed by atoms with Crippen molar-refractivity contribution in [2.24, 2.45) is 5.73 Å². The van der Waals surface area contributed by atoms with Crippen LogP contribution in [0, 0.1) is 5.41 Å². The Morgan fingerprint density at radius 2 is 2.00 bits per heavy atom. The minimum atomic E-state index is 0.00186. The van der Waals surface area contributed by atoms with Crippen LogP contribution in [0.3, 0.4) is 0 Å². The highest BCUT2D eigenvalue weighted by Gasteiger charge is 2.24. The molecule has 0 aromatic heterocycles. The first kappa shape index (κ1) is 15.8. The predicted octanol–water partition coefficient (Wildman–Crippen LogP) is 2.45. The molecule has 5 nitrogen and oxygen atoms in total. The van der Waals surface area contributed by atoms with Crippen molar-refractivity contribution >= 4 is 5.84 Å². The topological polar surface area (TPSA) is 77.6 Å². The van der Waals surface area contributed by atoms with Crippen molar-refractivity contribution in [3.05, 3.63) is 29.3 Å². The number of ether oxygens (including phenoxy) is 3. The van der Waals surface area contributed by atoms with E-state index in [4.69, 9.17) is 25.4 Å². The molecule has 0 saturated carbocycles. The van der Waals surface area contributed by atoms with Gasteiger partial charge < -0.3 is 19.9 Å². The maximum absolute atomic E-state index is 7.60. The van der Waals surface area contributed by atoms with Crippen molar-refractivity contribution in [1.29, 1.82) is 5.41 Å². The molecule has 116 valence electrons. The second-order valence-corrected chi connectivity index (χ2v) is 5.61. The van der Waals surface area contributed by atoms with E-state index in [1.165, 1.54) is 0 Å². The number of benzene rings is 1. The van der Waals surface area contributed by atoms with E-state index in [2.05, 4.69) is 13.8 Å². The molecule has 1 aromatic carbocycles. The SMILES string of the molecule is COc1ccc(COC2CC(C)OC(C)C2)cc1C(=N)N. The molecular weight excluding hydrogens is 268 g/mol. The van der Waals surface area contributed by atoms with Gasteiger partial charge >= 0.3 is 0 Å². The molecule has 1 fully saturated rings. The van der Waals surface area contributed by atoms with Gasteiger partial charge in [-0.1, -0.05) is 6.07 Å². The smallest absolute Gasteiger partial charge is 0.129 e. The van der Waals surface area contributed by atoms with Crippen LogP contribution in [0.5, 0.6) is 5.75 Å². The molecule has 1 aliphatic rings. The summed E-state index contributed by atoms with van der Waals surface area (Å²) in [4.78, 5) is 0. The molecule has 2 atom stereocenters. The molecule has 21 heavy (non-hydrogen) atoms. The van der Waals surface area contributed by atoms with Crippen LogP contribution in [0.25, 0.3) is 0 Å². The van der Waals surface area contributed by atoms with E-state index < -0.39 is 0 Å². The molecule has 1 aromatic rings. The lowest BCUT2D eigenvalue weighted by Crippen LogP contribution is -2.34. The number of amidine groups is 1. The van der Waals surface area contributed by atoms with Crippen molar-refractivity contribution < 1.29 is 14.2 Å². The van der Waals surface area contributed by atoms with Gasteiger partial charge in [-0.15, -0.1) is 0 Å². The average molecular weight is 292 g/mol. The largest absolute Gasteiger partial charge is 0.496 e. The van der Waals surface area contributed by atoms with Crippen molar-refractivity contribution in [3.8, 4) is 5.75 Å². The highest BCUT2D eigenvalue weighted by atomic mass is 16.5. The molecule has 1 aliphatic heterocycles. The molecular formula is C16H24N2O3. The minimum absolute atomic E-state index is 0.00186. The van der Waals surface area contributed by atoms with Crippen LogP contribution >= 0.6 is 0 Å². The fourth-order valence-corrected chi connectivity index (χ4v) is 2.75. The summed E-state index contributed by atoms with van der Waals surface area (Å²) in [7, 11) is 1.57. The van der Waals surface area contributed by atoms with Gasteiger partial charge in [0, 0.05) is 0 Å². The van der Waals surface area contributed by atoms with Crippen LogP contribution in [0.15, 0.2) is 18.2 Å². The number of nitrogens with two attached hydrogens (primary N) is 1. The first-order valence-corrected chi connectivity index (χ1v) is 7.28. The molecule has 2 rings (SSSR count). The molecule has 3 N–H and O–H groups in total.